The minimum Gasteiger partial charge on any atom is -0.744 e. The zero-order chi connectivity index (χ0) is 15.7. The number of thioether (sulfide) groups is 1. The summed E-state index contributed by atoms with van der Waals surface area (Å²) in [5, 5.41) is 0. The highest BCUT2D eigenvalue weighted by molar-refractivity contribution is 7.99. The van der Waals surface area contributed by atoms with E-state index >= 15 is 0 Å². The van der Waals surface area contributed by atoms with Crippen molar-refractivity contribution in [3.63, 3.8) is 0 Å². The molecular formula is C16H14NO3S2-. The van der Waals surface area contributed by atoms with Crippen LogP contribution in [0.25, 0.3) is 0 Å². The van der Waals surface area contributed by atoms with Gasteiger partial charge in [0.1, 0.15) is 10.1 Å². The van der Waals surface area contributed by atoms with Crippen LogP contribution >= 0.6 is 11.8 Å². The van der Waals surface area contributed by atoms with Crippen molar-refractivity contribution < 1.29 is 13.0 Å². The molecule has 0 radical (unpaired) electrons. The molecule has 0 saturated heterocycles. The van der Waals surface area contributed by atoms with E-state index in [0.717, 1.165) is 33.9 Å². The highest BCUT2D eigenvalue weighted by atomic mass is 32.2. The molecular weight excluding hydrogens is 318 g/mol. The molecule has 0 saturated carbocycles. The van der Waals surface area contributed by atoms with Crippen LogP contribution in [0.4, 0.5) is 5.69 Å². The fourth-order valence-corrected chi connectivity index (χ4v) is 4.04. The first-order valence-corrected chi connectivity index (χ1v) is 9.21. The van der Waals surface area contributed by atoms with Crippen molar-refractivity contribution in [3.05, 3.63) is 53.6 Å². The van der Waals surface area contributed by atoms with Crippen molar-refractivity contribution in [2.45, 2.75) is 23.1 Å². The lowest BCUT2D eigenvalue weighted by atomic mass is 10.0. The fraction of sp³-hybridized carbons (Fsp3) is 0.188. The highest BCUT2D eigenvalue weighted by Gasteiger charge is 2.17. The van der Waals surface area contributed by atoms with Crippen LogP contribution in [0.15, 0.2) is 57.2 Å². The molecule has 0 unspecified atom stereocenters. The summed E-state index contributed by atoms with van der Waals surface area (Å²) in [5.41, 5.74) is 3.19. The maximum Gasteiger partial charge on any atom is 0.126 e. The Morgan fingerprint density at radius 2 is 1.95 bits per heavy atom. The summed E-state index contributed by atoms with van der Waals surface area (Å²) in [5.74, 6) is 0.890. The summed E-state index contributed by atoms with van der Waals surface area (Å²) in [6, 6.07) is 12.2. The van der Waals surface area contributed by atoms with Crippen LogP contribution in [0.5, 0.6) is 0 Å². The maximum absolute atomic E-state index is 11.4. The molecule has 1 aliphatic rings. The molecule has 0 aromatic heterocycles. The highest BCUT2D eigenvalue weighted by Crippen LogP contribution is 2.33. The average molecular weight is 332 g/mol. The van der Waals surface area contributed by atoms with Gasteiger partial charge in [0.15, 0.2) is 0 Å². The minimum atomic E-state index is -4.53. The van der Waals surface area contributed by atoms with Crippen LogP contribution in [-0.2, 0) is 10.1 Å². The Hall–Kier alpha value is -1.63. The van der Waals surface area contributed by atoms with Crippen LogP contribution < -0.4 is 0 Å². The lowest BCUT2D eigenvalue weighted by molar-refractivity contribution is 0.463. The SMILES string of the molecule is Cc1ccc2c(c1)C(=Nc1ccccc1S(=O)(=O)[O-])CCS2. The van der Waals surface area contributed by atoms with E-state index in [9.17, 15) is 13.0 Å². The van der Waals surface area contributed by atoms with Gasteiger partial charge in [-0.1, -0.05) is 23.8 Å². The summed E-state index contributed by atoms with van der Waals surface area (Å²) >= 11 is 1.76. The third-order valence-corrected chi connectivity index (χ3v) is 5.39. The van der Waals surface area contributed by atoms with E-state index in [1.54, 1.807) is 23.9 Å². The molecule has 4 nitrogen and oxygen atoms in total. The predicted octanol–water partition coefficient (Wildman–Crippen LogP) is 3.52. The Balaban J connectivity index is 2.15. The lowest BCUT2D eigenvalue weighted by Gasteiger charge is -2.19. The minimum absolute atomic E-state index is 0.215. The van der Waals surface area contributed by atoms with Crippen molar-refractivity contribution in [2.75, 3.05) is 5.75 Å². The van der Waals surface area contributed by atoms with Gasteiger partial charge in [0.05, 0.1) is 16.3 Å². The second-order valence-corrected chi connectivity index (χ2v) is 7.56. The lowest BCUT2D eigenvalue weighted by Crippen LogP contribution is -2.10. The fourth-order valence-electron chi connectivity index (χ4n) is 2.41. The molecule has 6 heteroatoms. The van der Waals surface area contributed by atoms with Gasteiger partial charge >= 0.3 is 0 Å². The van der Waals surface area contributed by atoms with Gasteiger partial charge in [-0.15, -0.1) is 11.8 Å². The summed E-state index contributed by atoms with van der Waals surface area (Å²) in [7, 11) is -4.53. The number of nitrogens with zero attached hydrogens (tertiary/aromatic N) is 1. The standard InChI is InChI=1S/C16H15NO3S2/c1-11-6-7-15-12(10-11)13(8-9-21-15)17-14-4-2-3-5-16(14)22(18,19)20/h2-7,10H,8-9H2,1H3,(H,18,19,20)/p-1. The smallest absolute Gasteiger partial charge is 0.126 e. The number of aliphatic imine (C=N–C) groups is 1. The molecule has 1 heterocycles. The van der Waals surface area contributed by atoms with E-state index < -0.39 is 10.1 Å². The van der Waals surface area contributed by atoms with Gasteiger partial charge in [-0.3, -0.25) is 4.99 Å². The average Bonchev–Trinajstić information content (AvgIpc) is 2.47. The van der Waals surface area contributed by atoms with E-state index in [-0.39, 0.29) is 10.6 Å². The van der Waals surface area contributed by atoms with E-state index in [4.69, 9.17) is 0 Å². The van der Waals surface area contributed by atoms with Crippen molar-refractivity contribution in [1.82, 2.24) is 0 Å². The molecule has 3 rings (SSSR count). The van der Waals surface area contributed by atoms with Crippen molar-refractivity contribution in [3.8, 4) is 0 Å². The number of hydrogen-bond donors (Lipinski definition) is 0. The molecule has 0 amide bonds. The quantitative estimate of drug-likeness (QED) is 0.789. The van der Waals surface area contributed by atoms with Crippen LogP contribution in [0, 0.1) is 6.92 Å². The zero-order valence-corrected chi connectivity index (χ0v) is 13.6. The number of fused-ring (bicyclic) bond motifs is 1. The van der Waals surface area contributed by atoms with Crippen molar-refractivity contribution in [1.29, 1.82) is 0 Å². The number of aryl methyl sites for hydroxylation is 1. The van der Waals surface area contributed by atoms with Crippen LogP contribution in [0.2, 0.25) is 0 Å². The Kier molecular flexibility index (Phi) is 4.08. The molecule has 2 aromatic carbocycles. The third kappa shape index (κ3) is 3.09. The maximum atomic E-state index is 11.4. The summed E-state index contributed by atoms with van der Waals surface area (Å²) < 4.78 is 34.1. The summed E-state index contributed by atoms with van der Waals surface area (Å²) in [4.78, 5) is 5.36. The van der Waals surface area contributed by atoms with E-state index in [0.29, 0.717) is 0 Å². The Morgan fingerprint density at radius 1 is 1.18 bits per heavy atom. The summed E-state index contributed by atoms with van der Waals surface area (Å²) in [6.07, 6.45) is 0.744. The van der Waals surface area contributed by atoms with Crippen molar-refractivity contribution in [2.24, 2.45) is 4.99 Å². The first-order chi connectivity index (χ1) is 10.4. The monoisotopic (exact) mass is 332 g/mol. The largest absolute Gasteiger partial charge is 0.744 e. The second kappa shape index (κ2) is 5.87. The molecule has 1 aliphatic heterocycles. The molecule has 2 aromatic rings. The van der Waals surface area contributed by atoms with Gasteiger partial charge in [-0.2, -0.15) is 0 Å². The van der Waals surface area contributed by atoms with Crippen molar-refractivity contribution >= 4 is 33.3 Å². The van der Waals surface area contributed by atoms with Crippen LogP contribution in [-0.4, -0.2) is 24.4 Å². The van der Waals surface area contributed by atoms with Crippen LogP contribution in [0.1, 0.15) is 17.5 Å². The number of para-hydroxylation sites is 1. The molecule has 114 valence electrons. The van der Waals surface area contributed by atoms with Crippen LogP contribution in [0.3, 0.4) is 0 Å². The number of rotatable bonds is 2. The first kappa shape index (κ1) is 15.3. The summed E-state index contributed by atoms with van der Waals surface area (Å²) in [6.45, 7) is 2.01. The van der Waals surface area contributed by atoms with Gasteiger partial charge < -0.3 is 4.55 Å². The van der Waals surface area contributed by atoms with Gasteiger partial charge in [0.2, 0.25) is 0 Å². The first-order valence-electron chi connectivity index (χ1n) is 6.81. The number of hydrogen-bond acceptors (Lipinski definition) is 5. The zero-order valence-electron chi connectivity index (χ0n) is 11.9. The van der Waals surface area contributed by atoms with E-state index in [2.05, 4.69) is 17.1 Å². The molecule has 0 bridgehead atoms. The Morgan fingerprint density at radius 3 is 2.73 bits per heavy atom. The number of benzene rings is 2. The molecule has 0 fully saturated rings. The molecule has 0 atom stereocenters. The van der Waals surface area contributed by atoms with E-state index in [1.165, 1.54) is 12.1 Å². The van der Waals surface area contributed by atoms with E-state index in [1.807, 2.05) is 13.0 Å². The molecule has 0 spiro atoms. The molecule has 0 aliphatic carbocycles. The Bertz CT molecular complexity index is 857. The topological polar surface area (TPSA) is 69.6 Å². The van der Waals surface area contributed by atoms with Gasteiger partial charge in [0, 0.05) is 16.2 Å². The second-order valence-electron chi connectivity index (χ2n) is 5.08. The van der Waals surface area contributed by atoms with Gasteiger partial charge in [0.25, 0.3) is 0 Å². The normalized spacial score (nSPS) is 16.5. The molecule has 22 heavy (non-hydrogen) atoms. The Labute approximate surface area is 134 Å². The molecule has 0 N–H and O–H groups in total. The van der Waals surface area contributed by atoms with Gasteiger partial charge in [-0.05, 0) is 37.6 Å². The predicted molar refractivity (Wildman–Crippen MR) is 87.1 cm³/mol. The van der Waals surface area contributed by atoms with Gasteiger partial charge in [-0.25, -0.2) is 8.42 Å². The third-order valence-electron chi connectivity index (χ3n) is 3.43.